The maximum Gasteiger partial charge on any atom is 0.257 e. The number of halogens is 1. The van der Waals surface area contributed by atoms with E-state index in [1.54, 1.807) is 0 Å². The van der Waals surface area contributed by atoms with E-state index in [9.17, 15) is 0 Å². The Morgan fingerprint density at radius 2 is 1.67 bits per heavy atom. The first-order valence-corrected chi connectivity index (χ1v) is 8.89. The topological polar surface area (TPSA) is 104 Å². The van der Waals surface area contributed by atoms with E-state index in [4.69, 9.17) is 14.8 Å². The lowest BCUT2D eigenvalue weighted by atomic mass is 9.77. The van der Waals surface area contributed by atoms with E-state index in [1.165, 1.54) is 0 Å². The highest BCUT2D eigenvalue weighted by molar-refractivity contribution is 5.85. The van der Waals surface area contributed by atoms with E-state index < -0.39 is 5.54 Å². The molecule has 1 fully saturated rings. The molecule has 1 aromatic carbocycles. The van der Waals surface area contributed by atoms with Gasteiger partial charge in [-0.2, -0.15) is 9.97 Å². The van der Waals surface area contributed by atoms with Crippen molar-refractivity contribution in [2.45, 2.75) is 52.0 Å². The van der Waals surface area contributed by atoms with Crippen LogP contribution in [0.25, 0.3) is 22.8 Å². The van der Waals surface area contributed by atoms with Crippen molar-refractivity contribution in [1.82, 2.24) is 20.3 Å². The van der Waals surface area contributed by atoms with Gasteiger partial charge in [0, 0.05) is 17.5 Å². The van der Waals surface area contributed by atoms with Crippen molar-refractivity contribution < 1.29 is 9.05 Å². The van der Waals surface area contributed by atoms with Crippen LogP contribution in [0.3, 0.4) is 0 Å². The zero-order valence-corrected chi connectivity index (χ0v) is 16.5. The van der Waals surface area contributed by atoms with Gasteiger partial charge in [0.15, 0.2) is 5.82 Å². The Bertz CT molecular complexity index is 907. The van der Waals surface area contributed by atoms with Crippen molar-refractivity contribution in [3.63, 3.8) is 0 Å². The summed E-state index contributed by atoms with van der Waals surface area (Å²) in [6, 6.07) is 7.67. The quantitative estimate of drug-likeness (QED) is 0.715. The summed E-state index contributed by atoms with van der Waals surface area (Å²) in [5, 5.41) is 8.13. The number of nitrogens with zero attached hydrogens (tertiary/aromatic N) is 4. The van der Waals surface area contributed by atoms with Crippen LogP contribution in [0.4, 0.5) is 0 Å². The van der Waals surface area contributed by atoms with Crippen molar-refractivity contribution in [3.8, 4) is 22.8 Å². The van der Waals surface area contributed by atoms with Gasteiger partial charge in [-0.3, -0.25) is 0 Å². The third-order valence-corrected chi connectivity index (χ3v) is 4.66. The van der Waals surface area contributed by atoms with E-state index in [-0.39, 0.29) is 17.8 Å². The molecule has 2 aromatic heterocycles. The molecule has 8 heteroatoms. The van der Waals surface area contributed by atoms with Crippen LogP contribution in [-0.2, 0) is 12.0 Å². The molecule has 27 heavy (non-hydrogen) atoms. The van der Waals surface area contributed by atoms with Crippen LogP contribution >= 0.6 is 12.4 Å². The minimum absolute atomic E-state index is 0. The Morgan fingerprint density at radius 1 is 1.00 bits per heavy atom. The average molecular weight is 390 g/mol. The van der Waals surface area contributed by atoms with Gasteiger partial charge in [-0.15, -0.1) is 12.4 Å². The highest BCUT2D eigenvalue weighted by Gasteiger charge is 2.39. The summed E-state index contributed by atoms with van der Waals surface area (Å²) in [6.45, 7) is 6.41. The summed E-state index contributed by atoms with van der Waals surface area (Å²) in [4.78, 5) is 8.95. The summed E-state index contributed by atoms with van der Waals surface area (Å²) in [6.07, 6.45) is 3.65. The standard InChI is InChI=1S/C19H23N5O2.ClH/c1-18(2,3)11-14-21-15(23-25-14)12-5-7-13(8-6-12)16-22-17(24-26-16)19(20)9-4-10-19;/h5-8H,4,9-11,20H2,1-3H3;1H. The third kappa shape index (κ3) is 4.04. The first kappa shape index (κ1) is 19.5. The number of aromatic nitrogens is 4. The van der Waals surface area contributed by atoms with Crippen molar-refractivity contribution >= 4 is 12.4 Å². The molecular weight excluding hydrogens is 366 g/mol. The fraction of sp³-hybridized carbons (Fsp3) is 0.474. The molecule has 0 radical (unpaired) electrons. The van der Waals surface area contributed by atoms with E-state index in [0.29, 0.717) is 23.4 Å². The molecule has 2 N–H and O–H groups in total. The Kier molecular flexibility index (Phi) is 5.10. The molecule has 2 heterocycles. The van der Waals surface area contributed by atoms with Crippen LogP contribution in [0.15, 0.2) is 33.3 Å². The van der Waals surface area contributed by atoms with Crippen LogP contribution in [0.1, 0.15) is 51.7 Å². The van der Waals surface area contributed by atoms with Crippen LogP contribution in [0.2, 0.25) is 0 Å². The molecule has 0 saturated heterocycles. The van der Waals surface area contributed by atoms with Crippen molar-refractivity contribution in [2.24, 2.45) is 11.1 Å². The molecule has 7 nitrogen and oxygen atoms in total. The average Bonchev–Trinajstić information content (AvgIpc) is 3.21. The molecule has 0 aliphatic heterocycles. The molecule has 144 valence electrons. The van der Waals surface area contributed by atoms with Crippen LogP contribution in [-0.4, -0.2) is 20.3 Å². The maximum absolute atomic E-state index is 6.25. The predicted octanol–water partition coefficient (Wildman–Crippen LogP) is 4.13. The van der Waals surface area contributed by atoms with Gasteiger partial charge in [0.2, 0.25) is 11.7 Å². The predicted molar refractivity (Wildman–Crippen MR) is 103 cm³/mol. The van der Waals surface area contributed by atoms with Crippen LogP contribution in [0, 0.1) is 5.41 Å². The van der Waals surface area contributed by atoms with Gasteiger partial charge in [-0.05, 0) is 36.8 Å². The summed E-state index contributed by atoms with van der Waals surface area (Å²) < 4.78 is 10.7. The zero-order chi connectivity index (χ0) is 18.4. The van der Waals surface area contributed by atoms with E-state index in [1.807, 2.05) is 24.3 Å². The van der Waals surface area contributed by atoms with Crippen LogP contribution in [0.5, 0.6) is 0 Å². The lowest BCUT2D eigenvalue weighted by Crippen LogP contribution is -2.44. The van der Waals surface area contributed by atoms with Gasteiger partial charge in [0.25, 0.3) is 5.89 Å². The van der Waals surface area contributed by atoms with Gasteiger partial charge < -0.3 is 14.8 Å². The Balaban J connectivity index is 0.00000210. The molecule has 0 atom stereocenters. The summed E-state index contributed by atoms with van der Waals surface area (Å²) in [7, 11) is 0. The van der Waals surface area contributed by atoms with Crippen molar-refractivity contribution in [1.29, 1.82) is 0 Å². The smallest absolute Gasteiger partial charge is 0.257 e. The summed E-state index contributed by atoms with van der Waals surface area (Å²) in [5.74, 6) is 2.29. The van der Waals surface area contributed by atoms with Gasteiger partial charge >= 0.3 is 0 Å². The second-order valence-corrected chi connectivity index (χ2v) is 8.26. The molecule has 4 rings (SSSR count). The largest absolute Gasteiger partial charge is 0.339 e. The molecule has 3 aromatic rings. The SMILES string of the molecule is CC(C)(C)Cc1nc(-c2ccc(-c3nc(C4(N)CCC4)no3)cc2)no1.Cl. The lowest BCUT2D eigenvalue weighted by Gasteiger charge is -2.34. The molecule has 1 saturated carbocycles. The van der Waals surface area contributed by atoms with Gasteiger partial charge in [-0.25, -0.2) is 0 Å². The van der Waals surface area contributed by atoms with Gasteiger partial charge in [-0.1, -0.05) is 43.2 Å². The molecule has 0 bridgehead atoms. The molecule has 1 aliphatic rings. The second kappa shape index (κ2) is 7.05. The zero-order valence-electron chi connectivity index (χ0n) is 15.7. The first-order chi connectivity index (χ1) is 12.3. The first-order valence-electron chi connectivity index (χ1n) is 8.89. The van der Waals surface area contributed by atoms with Crippen molar-refractivity contribution in [2.75, 3.05) is 0 Å². The Labute approximate surface area is 164 Å². The second-order valence-electron chi connectivity index (χ2n) is 8.26. The maximum atomic E-state index is 6.25. The fourth-order valence-corrected chi connectivity index (χ4v) is 2.98. The lowest BCUT2D eigenvalue weighted by molar-refractivity contribution is 0.229. The third-order valence-electron chi connectivity index (χ3n) is 4.66. The minimum atomic E-state index is -0.421. The van der Waals surface area contributed by atoms with E-state index in [0.717, 1.165) is 36.8 Å². The van der Waals surface area contributed by atoms with Crippen LogP contribution < -0.4 is 5.73 Å². The molecule has 0 amide bonds. The molecule has 0 unspecified atom stereocenters. The van der Waals surface area contributed by atoms with Gasteiger partial charge in [0.1, 0.15) is 0 Å². The normalized spacial score (nSPS) is 15.9. The Morgan fingerprint density at radius 3 is 2.26 bits per heavy atom. The highest BCUT2D eigenvalue weighted by Crippen LogP contribution is 2.37. The van der Waals surface area contributed by atoms with E-state index >= 15 is 0 Å². The molecule has 1 aliphatic carbocycles. The number of hydrogen-bond acceptors (Lipinski definition) is 7. The highest BCUT2D eigenvalue weighted by atomic mass is 35.5. The monoisotopic (exact) mass is 389 g/mol. The number of benzene rings is 1. The summed E-state index contributed by atoms with van der Waals surface area (Å²) in [5.41, 5.74) is 7.65. The van der Waals surface area contributed by atoms with E-state index in [2.05, 4.69) is 41.1 Å². The fourth-order valence-electron chi connectivity index (χ4n) is 2.98. The molecular formula is C19H24ClN5O2. The minimum Gasteiger partial charge on any atom is -0.339 e. The molecule has 0 spiro atoms. The van der Waals surface area contributed by atoms with Crippen molar-refractivity contribution in [3.05, 3.63) is 36.0 Å². The number of rotatable bonds is 4. The number of nitrogens with two attached hydrogens (primary N) is 1. The van der Waals surface area contributed by atoms with Gasteiger partial charge in [0.05, 0.1) is 5.54 Å². The summed E-state index contributed by atoms with van der Waals surface area (Å²) >= 11 is 0. The Hall–Kier alpha value is -2.25. The number of hydrogen-bond donors (Lipinski definition) is 1.